The highest BCUT2D eigenvalue weighted by molar-refractivity contribution is 6.11. The molecule has 0 radical (unpaired) electrons. The number of halogens is 1. The van der Waals surface area contributed by atoms with Gasteiger partial charge in [0.1, 0.15) is 17.3 Å². The van der Waals surface area contributed by atoms with E-state index in [1.165, 1.54) is 58.9 Å². The topological polar surface area (TPSA) is 132 Å². The Balaban J connectivity index is 2.88. The Morgan fingerprint density at radius 1 is 1.12 bits per heavy atom. The van der Waals surface area contributed by atoms with Gasteiger partial charge in [0.2, 0.25) is 0 Å². The minimum Gasteiger partial charge on any atom is -0.507 e. The average Bonchev–Trinajstić information content (AvgIpc) is 2.69. The molecular weight excluding hydrogens is 425 g/mol. The Labute approximate surface area is 183 Å². The van der Waals surface area contributed by atoms with Crippen LogP contribution in [0.1, 0.15) is 46.1 Å². The van der Waals surface area contributed by atoms with Crippen molar-refractivity contribution in [1.82, 2.24) is 5.32 Å². The maximum atomic E-state index is 16.5. The summed E-state index contributed by atoms with van der Waals surface area (Å²) in [6, 6.07) is 5.77. The SMILES string of the molecule is CCOC(=O)[C@@H](c1c(O)c2ccccc2oc1=O)C(F)(C(=O)NC(C)(C)C)C(=O)OCC. The molecule has 2 rings (SSSR count). The van der Waals surface area contributed by atoms with Crippen molar-refractivity contribution in [3.05, 3.63) is 40.2 Å². The molecule has 10 heteroatoms. The molecule has 1 unspecified atom stereocenters. The zero-order chi connectivity index (χ0) is 24.3. The third-order valence-electron chi connectivity index (χ3n) is 4.42. The predicted molar refractivity (Wildman–Crippen MR) is 112 cm³/mol. The summed E-state index contributed by atoms with van der Waals surface area (Å²) in [6.07, 6.45) is 0. The first-order valence-corrected chi connectivity index (χ1v) is 9.98. The third-order valence-corrected chi connectivity index (χ3v) is 4.42. The van der Waals surface area contributed by atoms with E-state index in [2.05, 4.69) is 5.32 Å². The lowest BCUT2D eigenvalue weighted by molar-refractivity contribution is -0.172. The number of carbonyl (C=O) groups is 3. The van der Waals surface area contributed by atoms with Gasteiger partial charge in [-0.25, -0.2) is 14.0 Å². The number of para-hydroxylation sites is 1. The Morgan fingerprint density at radius 3 is 2.28 bits per heavy atom. The van der Waals surface area contributed by atoms with Gasteiger partial charge in [-0.1, -0.05) is 12.1 Å². The molecule has 0 saturated heterocycles. The van der Waals surface area contributed by atoms with Crippen molar-refractivity contribution in [3.63, 3.8) is 0 Å². The van der Waals surface area contributed by atoms with Crippen molar-refractivity contribution in [3.8, 4) is 5.75 Å². The van der Waals surface area contributed by atoms with Gasteiger partial charge < -0.3 is 24.3 Å². The smallest absolute Gasteiger partial charge is 0.355 e. The Bertz CT molecular complexity index is 1090. The lowest BCUT2D eigenvalue weighted by Gasteiger charge is -2.32. The van der Waals surface area contributed by atoms with Crippen LogP contribution in [0.5, 0.6) is 5.75 Å². The number of amides is 1. The number of carbonyl (C=O) groups excluding carboxylic acids is 3. The molecule has 0 saturated carbocycles. The molecule has 1 aromatic carbocycles. The molecule has 0 aliphatic heterocycles. The Kier molecular flexibility index (Phi) is 7.27. The van der Waals surface area contributed by atoms with Crippen LogP contribution in [-0.2, 0) is 23.9 Å². The van der Waals surface area contributed by atoms with E-state index in [1.54, 1.807) is 0 Å². The standard InChI is InChI=1S/C22H26FNO8/c1-6-30-18(27)15(14-16(25)12-10-8-9-11-13(12)32-17(14)26)22(23,20(29)31-7-2)19(28)24-21(3,4)5/h8-11,15,25H,6-7H2,1-5H3,(H,24,28)/t15-,22?/m1/s1. The number of nitrogens with one attached hydrogen (secondary N) is 1. The largest absolute Gasteiger partial charge is 0.507 e. The average molecular weight is 451 g/mol. The van der Waals surface area contributed by atoms with Crippen molar-refractivity contribution in [1.29, 1.82) is 0 Å². The van der Waals surface area contributed by atoms with E-state index in [-0.39, 0.29) is 24.2 Å². The van der Waals surface area contributed by atoms with Crippen molar-refractivity contribution in [2.24, 2.45) is 0 Å². The molecule has 1 aromatic heterocycles. The molecule has 1 amide bonds. The molecule has 0 fully saturated rings. The van der Waals surface area contributed by atoms with Gasteiger partial charge >= 0.3 is 23.2 Å². The lowest BCUT2D eigenvalue weighted by atomic mass is 9.81. The second-order valence-corrected chi connectivity index (χ2v) is 7.97. The summed E-state index contributed by atoms with van der Waals surface area (Å²) in [6.45, 7) is 6.79. The van der Waals surface area contributed by atoms with Crippen LogP contribution in [-0.4, -0.2) is 47.4 Å². The van der Waals surface area contributed by atoms with E-state index >= 15 is 4.39 Å². The van der Waals surface area contributed by atoms with Gasteiger partial charge in [0.05, 0.1) is 24.2 Å². The van der Waals surface area contributed by atoms with Gasteiger partial charge in [0.25, 0.3) is 5.91 Å². The fraction of sp³-hybridized carbons (Fsp3) is 0.455. The monoisotopic (exact) mass is 451 g/mol. The van der Waals surface area contributed by atoms with Crippen molar-refractivity contribution in [2.45, 2.75) is 51.7 Å². The number of alkyl halides is 1. The van der Waals surface area contributed by atoms with Crippen molar-refractivity contribution in [2.75, 3.05) is 13.2 Å². The number of rotatable bonds is 7. The predicted octanol–water partition coefficient (Wildman–Crippen LogP) is 2.33. The second kappa shape index (κ2) is 9.37. The van der Waals surface area contributed by atoms with Crippen LogP contribution >= 0.6 is 0 Å². The van der Waals surface area contributed by atoms with Gasteiger partial charge in [-0.15, -0.1) is 0 Å². The van der Waals surface area contributed by atoms with E-state index in [9.17, 15) is 24.3 Å². The summed E-state index contributed by atoms with van der Waals surface area (Å²) in [5.74, 6) is -7.99. The second-order valence-electron chi connectivity index (χ2n) is 7.97. The zero-order valence-electron chi connectivity index (χ0n) is 18.5. The Hall–Kier alpha value is -3.43. The molecule has 0 spiro atoms. The summed E-state index contributed by atoms with van der Waals surface area (Å²) in [5.41, 5.74) is -7.04. The number of aromatic hydroxyl groups is 1. The van der Waals surface area contributed by atoms with Crippen LogP contribution < -0.4 is 10.9 Å². The first kappa shape index (κ1) is 24.8. The zero-order valence-corrected chi connectivity index (χ0v) is 18.5. The summed E-state index contributed by atoms with van der Waals surface area (Å²) in [5, 5.41) is 13.0. The first-order chi connectivity index (χ1) is 14.9. The van der Waals surface area contributed by atoms with Gasteiger partial charge in [0.15, 0.2) is 0 Å². The van der Waals surface area contributed by atoms with Crippen LogP contribution in [0.25, 0.3) is 11.0 Å². The molecular formula is C22H26FNO8. The summed E-state index contributed by atoms with van der Waals surface area (Å²) < 4.78 is 31.2. The number of hydrogen-bond acceptors (Lipinski definition) is 8. The number of benzene rings is 1. The quantitative estimate of drug-likeness (QED) is 0.372. The number of fused-ring (bicyclic) bond motifs is 1. The maximum absolute atomic E-state index is 16.5. The lowest BCUT2D eigenvalue weighted by Crippen LogP contribution is -2.60. The van der Waals surface area contributed by atoms with Crippen molar-refractivity contribution < 1.29 is 37.8 Å². The minimum absolute atomic E-state index is 0.0289. The van der Waals surface area contributed by atoms with Crippen LogP contribution in [0, 0.1) is 0 Å². The molecule has 1 heterocycles. The molecule has 2 atom stereocenters. The first-order valence-electron chi connectivity index (χ1n) is 9.98. The fourth-order valence-electron chi connectivity index (χ4n) is 3.12. The highest BCUT2D eigenvalue weighted by Gasteiger charge is 2.61. The molecule has 0 bridgehead atoms. The fourth-order valence-corrected chi connectivity index (χ4v) is 3.12. The number of ether oxygens (including phenoxy) is 2. The number of hydrogen-bond donors (Lipinski definition) is 2. The minimum atomic E-state index is -3.75. The van der Waals surface area contributed by atoms with E-state index < -0.39 is 51.9 Å². The molecule has 32 heavy (non-hydrogen) atoms. The van der Waals surface area contributed by atoms with Crippen LogP contribution in [0.15, 0.2) is 33.5 Å². The van der Waals surface area contributed by atoms with E-state index in [0.29, 0.717) is 0 Å². The van der Waals surface area contributed by atoms with E-state index in [1.807, 2.05) is 0 Å². The summed E-state index contributed by atoms with van der Waals surface area (Å²) in [4.78, 5) is 51.3. The summed E-state index contributed by atoms with van der Waals surface area (Å²) >= 11 is 0. The maximum Gasteiger partial charge on any atom is 0.355 e. The molecule has 2 aromatic rings. The third kappa shape index (κ3) is 4.74. The van der Waals surface area contributed by atoms with E-state index in [0.717, 1.165) is 0 Å². The van der Waals surface area contributed by atoms with Gasteiger partial charge in [0, 0.05) is 5.54 Å². The van der Waals surface area contributed by atoms with Gasteiger partial charge in [-0.2, -0.15) is 0 Å². The highest BCUT2D eigenvalue weighted by atomic mass is 19.1. The molecule has 0 aliphatic carbocycles. The molecule has 9 nitrogen and oxygen atoms in total. The van der Waals surface area contributed by atoms with Gasteiger partial charge in [-0.05, 0) is 46.8 Å². The highest BCUT2D eigenvalue weighted by Crippen LogP contribution is 2.40. The molecule has 174 valence electrons. The van der Waals surface area contributed by atoms with Crippen molar-refractivity contribution >= 4 is 28.8 Å². The number of esters is 2. The van der Waals surface area contributed by atoms with Crippen LogP contribution in [0.4, 0.5) is 4.39 Å². The van der Waals surface area contributed by atoms with E-state index in [4.69, 9.17) is 13.9 Å². The molecule has 0 aliphatic rings. The normalized spacial score (nSPS) is 14.3. The Morgan fingerprint density at radius 2 is 1.72 bits per heavy atom. The summed E-state index contributed by atoms with van der Waals surface area (Å²) in [7, 11) is 0. The molecule has 2 N–H and O–H groups in total. The van der Waals surface area contributed by atoms with Gasteiger partial charge in [-0.3, -0.25) is 9.59 Å². The van der Waals surface area contributed by atoms with Crippen LogP contribution in [0.2, 0.25) is 0 Å². The van der Waals surface area contributed by atoms with Crippen LogP contribution in [0.3, 0.4) is 0 Å².